The van der Waals surface area contributed by atoms with E-state index in [1.54, 1.807) is 0 Å². The zero-order valence-corrected chi connectivity index (χ0v) is 16.8. The summed E-state index contributed by atoms with van der Waals surface area (Å²) < 4.78 is 0. The number of hydrogen-bond donors (Lipinski definition) is 7. The third-order valence-electron chi connectivity index (χ3n) is 3.71. The van der Waals surface area contributed by atoms with Crippen LogP contribution in [0, 0.1) is 5.92 Å². The minimum atomic E-state index is -1.21. The van der Waals surface area contributed by atoms with Crippen LogP contribution in [0.3, 0.4) is 0 Å². The van der Waals surface area contributed by atoms with Gasteiger partial charge in [0.15, 0.2) is 0 Å². The van der Waals surface area contributed by atoms with E-state index in [-0.39, 0.29) is 18.1 Å². The molecule has 10 nitrogen and oxygen atoms in total. The molecule has 5 atom stereocenters. The number of aliphatic hydroxyl groups excluding tert-OH is 1. The number of carbonyl (C=O) groups excluding carboxylic acids is 3. The van der Waals surface area contributed by atoms with Gasteiger partial charge in [0, 0.05) is 5.75 Å². The fraction of sp³-hybridized carbons (Fsp3) is 0.750. The first-order chi connectivity index (χ1) is 12.4. The van der Waals surface area contributed by atoms with Crippen molar-refractivity contribution in [1.29, 1.82) is 0 Å². The van der Waals surface area contributed by atoms with E-state index in [1.807, 2.05) is 13.8 Å². The molecule has 0 heterocycles. The summed E-state index contributed by atoms with van der Waals surface area (Å²) in [5, 5.41) is 25.6. The first-order valence-corrected chi connectivity index (χ1v) is 9.22. The van der Waals surface area contributed by atoms with E-state index in [2.05, 4.69) is 28.6 Å². The third-order valence-corrected chi connectivity index (χ3v) is 4.08. The highest BCUT2D eigenvalue weighted by Gasteiger charge is 2.28. The summed E-state index contributed by atoms with van der Waals surface area (Å²) in [6, 6.07) is -4.39. The summed E-state index contributed by atoms with van der Waals surface area (Å²) >= 11 is 3.99. The molecule has 5 unspecified atom stereocenters. The van der Waals surface area contributed by atoms with E-state index in [0.717, 1.165) is 0 Å². The zero-order chi connectivity index (χ0) is 21.3. The average molecular weight is 407 g/mol. The van der Waals surface area contributed by atoms with Gasteiger partial charge in [0.1, 0.15) is 24.2 Å². The number of hydrogen-bond acceptors (Lipinski definition) is 7. The normalized spacial score (nSPS) is 16.6. The molecule has 0 rings (SSSR count). The third kappa shape index (κ3) is 9.07. The van der Waals surface area contributed by atoms with Crippen molar-refractivity contribution in [3.63, 3.8) is 0 Å². The molecule has 0 bridgehead atoms. The predicted octanol–water partition coefficient (Wildman–Crippen LogP) is -1.77. The zero-order valence-electron chi connectivity index (χ0n) is 15.9. The van der Waals surface area contributed by atoms with Crippen LogP contribution < -0.4 is 21.7 Å². The molecule has 11 heteroatoms. The number of carbonyl (C=O) groups is 4. The van der Waals surface area contributed by atoms with Gasteiger partial charge in [0.25, 0.3) is 0 Å². The Balaban J connectivity index is 4.82. The molecule has 0 saturated heterocycles. The molecule has 0 aliphatic rings. The predicted molar refractivity (Wildman–Crippen MR) is 102 cm³/mol. The molecule has 0 aromatic rings. The van der Waals surface area contributed by atoms with Crippen molar-refractivity contribution in [2.75, 3.05) is 5.75 Å². The van der Waals surface area contributed by atoms with Crippen molar-refractivity contribution in [2.24, 2.45) is 11.7 Å². The smallest absolute Gasteiger partial charge is 0.326 e. The quantitative estimate of drug-likeness (QED) is 0.199. The highest BCUT2D eigenvalue weighted by atomic mass is 32.1. The lowest BCUT2D eigenvalue weighted by Gasteiger charge is -2.23. The Morgan fingerprint density at radius 1 is 0.926 bits per heavy atom. The van der Waals surface area contributed by atoms with E-state index < -0.39 is 54.0 Å². The van der Waals surface area contributed by atoms with E-state index in [1.165, 1.54) is 13.8 Å². The van der Waals surface area contributed by atoms with Gasteiger partial charge in [0.05, 0.1) is 6.10 Å². The maximum atomic E-state index is 12.2. The Labute approximate surface area is 164 Å². The number of nitrogens with one attached hydrogen (secondary N) is 3. The van der Waals surface area contributed by atoms with Crippen LogP contribution in [0.2, 0.25) is 0 Å². The van der Waals surface area contributed by atoms with E-state index in [0.29, 0.717) is 0 Å². The average Bonchev–Trinajstić information content (AvgIpc) is 2.56. The molecule has 0 aliphatic heterocycles. The number of carboxylic acid groups (broad SMARTS) is 1. The SMILES string of the molecule is CC(C)CC(NC(=O)C(C)NC(=O)C(CS)NC(=O)C(N)C(C)O)C(=O)O. The molecule has 0 saturated carbocycles. The van der Waals surface area contributed by atoms with Crippen molar-refractivity contribution in [3.8, 4) is 0 Å². The summed E-state index contributed by atoms with van der Waals surface area (Å²) in [6.45, 7) is 6.37. The number of aliphatic hydroxyl groups is 1. The molecule has 7 N–H and O–H groups in total. The van der Waals surface area contributed by atoms with Gasteiger partial charge in [-0.15, -0.1) is 0 Å². The number of nitrogens with two attached hydrogens (primary N) is 1. The van der Waals surface area contributed by atoms with Gasteiger partial charge in [-0.25, -0.2) is 4.79 Å². The number of rotatable bonds is 11. The topological polar surface area (TPSA) is 171 Å². The molecule has 3 amide bonds. The molecular weight excluding hydrogens is 376 g/mol. The maximum Gasteiger partial charge on any atom is 0.326 e. The minimum absolute atomic E-state index is 0.0539. The number of thiol groups is 1. The second-order valence-corrected chi connectivity index (χ2v) is 7.13. The van der Waals surface area contributed by atoms with Crippen LogP contribution in [0.1, 0.15) is 34.1 Å². The Hall–Kier alpha value is -1.85. The molecule has 0 radical (unpaired) electrons. The van der Waals surface area contributed by atoms with Crippen molar-refractivity contribution >= 4 is 36.3 Å². The number of aliphatic carboxylic acids is 1. The summed E-state index contributed by atoms with van der Waals surface area (Å²) in [5.41, 5.74) is 5.50. The van der Waals surface area contributed by atoms with Crippen LogP contribution in [0.25, 0.3) is 0 Å². The molecule has 0 aliphatic carbocycles. The van der Waals surface area contributed by atoms with Gasteiger partial charge in [-0.3, -0.25) is 14.4 Å². The van der Waals surface area contributed by atoms with Crippen molar-refractivity contribution in [2.45, 2.75) is 64.4 Å². The summed E-state index contributed by atoms with van der Waals surface area (Å²) in [4.78, 5) is 47.5. The van der Waals surface area contributed by atoms with E-state index in [4.69, 9.17) is 10.8 Å². The van der Waals surface area contributed by atoms with Crippen LogP contribution in [-0.4, -0.2) is 69.9 Å². The maximum absolute atomic E-state index is 12.2. The van der Waals surface area contributed by atoms with Crippen molar-refractivity contribution in [1.82, 2.24) is 16.0 Å². The summed E-state index contributed by atoms with van der Waals surface area (Å²) in [6.07, 6.45) is -0.860. The fourth-order valence-corrected chi connectivity index (χ4v) is 2.31. The second-order valence-electron chi connectivity index (χ2n) is 6.77. The summed E-state index contributed by atoms with van der Waals surface area (Å²) in [5.74, 6) is -3.26. The van der Waals surface area contributed by atoms with Gasteiger partial charge in [-0.2, -0.15) is 12.6 Å². The van der Waals surface area contributed by atoms with Crippen LogP contribution in [-0.2, 0) is 19.2 Å². The number of carboxylic acids is 1. The monoisotopic (exact) mass is 406 g/mol. The van der Waals surface area contributed by atoms with Gasteiger partial charge < -0.3 is 31.9 Å². The lowest BCUT2D eigenvalue weighted by atomic mass is 10.0. The molecule has 156 valence electrons. The highest BCUT2D eigenvalue weighted by molar-refractivity contribution is 7.80. The van der Waals surface area contributed by atoms with Gasteiger partial charge in [-0.1, -0.05) is 13.8 Å². The fourth-order valence-electron chi connectivity index (χ4n) is 2.05. The largest absolute Gasteiger partial charge is 0.480 e. The van der Waals surface area contributed by atoms with Gasteiger partial charge >= 0.3 is 5.97 Å². The lowest BCUT2D eigenvalue weighted by Crippen LogP contribution is -2.58. The highest BCUT2D eigenvalue weighted by Crippen LogP contribution is 2.05. The van der Waals surface area contributed by atoms with Crippen LogP contribution in [0.15, 0.2) is 0 Å². The van der Waals surface area contributed by atoms with E-state index >= 15 is 0 Å². The summed E-state index contributed by atoms with van der Waals surface area (Å²) in [7, 11) is 0. The molecule has 0 spiro atoms. The molecule has 0 aromatic carbocycles. The molecular formula is C16H30N4O6S. The molecule has 27 heavy (non-hydrogen) atoms. The Bertz CT molecular complexity index is 543. The van der Waals surface area contributed by atoms with E-state index in [9.17, 15) is 24.3 Å². The molecule has 0 aromatic heterocycles. The Morgan fingerprint density at radius 3 is 1.85 bits per heavy atom. The Kier molecular flexibility index (Phi) is 11.0. The van der Waals surface area contributed by atoms with Crippen LogP contribution >= 0.6 is 12.6 Å². The number of amides is 3. The van der Waals surface area contributed by atoms with Crippen molar-refractivity contribution in [3.05, 3.63) is 0 Å². The van der Waals surface area contributed by atoms with Crippen LogP contribution in [0.4, 0.5) is 0 Å². The first-order valence-electron chi connectivity index (χ1n) is 8.59. The van der Waals surface area contributed by atoms with Gasteiger partial charge in [-0.05, 0) is 26.2 Å². The molecule has 0 fully saturated rings. The van der Waals surface area contributed by atoms with Crippen molar-refractivity contribution < 1.29 is 29.4 Å². The Morgan fingerprint density at radius 2 is 1.44 bits per heavy atom. The second kappa shape index (κ2) is 11.8. The lowest BCUT2D eigenvalue weighted by molar-refractivity contribution is -0.142. The standard InChI is InChI=1S/C16H30N4O6S/c1-7(2)5-10(16(25)26)19-13(22)8(3)18-14(23)11(6-27)20-15(24)12(17)9(4)21/h7-12,21,27H,5-6,17H2,1-4H3,(H,18,23)(H,19,22)(H,20,24)(H,25,26). The minimum Gasteiger partial charge on any atom is -0.480 e. The first kappa shape index (κ1) is 25.1. The van der Waals surface area contributed by atoms with Crippen LogP contribution in [0.5, 0.6) is 0 Å². The van der Waals surface area contributed by atoms with Gasteiger partial charge in [0.2, 0.25) is 17.7 Å².